The molecule has 0 aliphatic heterocycles. The van der Waals surface area contributed by atoms with E-state index in [9.17, 15) is 13.6 Å². The highest BCUT2D eigenvalue weighted by Gasteiger charge is 2.21. The van der Waals surface area contributed by atoms with Gasteiger partial charge in [0.25, 0.3) is 12.0 Å². The summed E-state index contributed by atoms with van der Waals surface area (Å²) >= 11 is 5.84. The summed E-state index contributed by atoms with van der Waals surface area (Å²) in [6, 6.07) is 0. The van der Waals surface area contributed by atoms with Gasteiger partial charge in [-0.2, -0.15) is 5.10 Å². The molecule has 1 aromatic rings. The maximum absolute atomic E-state index is 12.2. The lowest BCUT2D eigenvalue weighted by Crippen LogP contribution is -2.33. The standard InChI is InChI=1S/C12H16ClF2N3O2/c13-8-4-17-18(6-7-2-1-3-7)12(20)10(8)16-5-9(19)11(14)15/h4,7,9,11,16,19H,1-3,5-6H2. The summed E-state index contributed by atoms with van der Waals surface area (Å²) in [7, 11) is 0. The minimum Gasteiger partial charge on any atom is -0.385 e. The van der Waals surface area contributed by atoms with Gasteiger partial charge in [0, 0.05) is 13.1 Å². The van der Waals surface area contributed by atoms with Crippen LogP contribution in [0.25, 0.3) is 0 Å². The van der Waals surface area contributed by atoms with Crippen molar-refractivity contribution in [2.24, 2.45) is 5.92 Å². The van der Waals surface area contributed by atoms with Gasteiger partial charge in [-0.15, -0.1) is 0 Å². The van der Waals surface area contributed by atoms with Gasteiger partial charge in [0.05, 0.1) is 11.2 Å². The molecule has 1 heterocycles. The first kappa shape index (κ1) is 15.2. The topological polar surface area (TPSA) is 67.2 Å². The molecular weight excluding hydrogens is 292 g/mol. The second-order valence-electron chi connectivity index (χ2n) is 4.93. The Morgan fingerprint density at radius 1 is 1.55 bits per heavy atom. The number of aliphatic hydroxyl groups is 1. The lowest BCUT2D eigenvalue weighted by molar-refractivity contribution is 0.00382. The Hall–Kier alpha value is -1.21. The minimum atomic E-state index is -2.87. The average molecular weight is 308 g/mol. The summed E-state index contributed by atoms with van der Waals surface area (Å²) in [5.74, 6) is 0.431. The quantitative estimate of drug-likeness (QED) is 0.840. The van der Waals surface area contributed by atoms with E-state index in [1.165, 1.54) is 10.9 Å². The predicted molar refractivity (Wildman–Crippen MR) is 71.3 cm³/mol. The summed E-state index contributed by atoms with van der Waals surface area (Å²) in [4.78, 5) is 12.1. The van der Waals surface area contributed by atoms with Crippen molar-refractivity contribution in [3.63, 3.8) is 0 Å². The maximum Gasteiger partial charge on any atom is 0.291 e. The van der Waals surface area contributed by atoms with Crippen molar-refractivity contribution < 1.29 is 13.9 Å². The van der Waals surface area contributed by atoms with E-state index in [1.807, 2.05) is 0 Å². The third-order valence-corrected chi connectivity index (χ3v) is 3.72. The molecule has 1 aliphatic carbocycles. The highest BCUT2D eigenvalue weighted by atomic mass is 35.5. The third kappa shape index (κ3) is 3.46. The zero-order valence-electron chi connectivity index (χ0n) is 10.7. The SMILES string of the molecule is O=c1c(NCC(O)C(F)F)c(Cl)cnn1CC1CCC1. The molecule has 5 nitrogen and oxygen atoms in total. The van der Waals surface area contributed by atoms with Gasteiger partial charge in [0.2, 0.25) is 0 Å². The third-order valence-electron chi connectivity index (χ3n) is 3.43. The van der Waals surface area contributed by atoms with Crippen molar-refractivity contribution >= 4 is 17.3 Å². The van der Waals surface area contributed by atoms with E-state index in [4.69, 9.17) is 16.7 Å². The maximum atomic E-state index is 12.2. The second kappa shape index (κ2) is 6.49. The number of nitrogens with one attached hydrogen (secondary N) is 1. The number of aromatic nitrogens is 2. The van der Waals surface area contributed by atoms with Crippen molar-refractivity contribution in [3.05, 3.63) is 21.6 Å². The van der Waals surface area contributed by atoms with Gasteiger partial charge in [-0.05, 0) is 18.8 Å². The molecule has 1 aliphatic rings. The van der Waals surface area contributed by atoms with Crippen LogP contribution in [0.3, 0.4) is 0 Å². The van der Waals surface area contributed by atoms with Crippen LogP contribution in [0.2, 0.25) is 5.02 Å². The van der Waals surface area contributed by atoms with Crippen molar-refractivity contribution in [2.75, 3.05) is 11.9 Å². The average Bonchev–Trinajstić information content (AvgIpc) is 2.35. The number of aliphatic hydroxyl groups excluding tert-OH is 1. The fraction of sp³-hybridized carbons (Fsp3) is 0.667. The van der Waals surface area contributed by atoms with Gasteiger partial charge >= 0.3 is 0 Å². The number of anilines is 1. The Labute approximate surface area is 119 Å². The first-order valence-corrected chi connectivity index (χ1v) is 6.82. The van der Waals surface area contributed by atoms with Crippen molar-refractivity contribution in [1.82, 2.24) is 9.78 Å². The molecule has 8 heteroatoms. The summed E-state index contributed by atoms with van der Waals surface area (Å²) in [5.41, 5.74) is -0.452. The molecule has 1 fully saturated rings. The molecule has 0 spiro atoms. The summed E-state index contributed by atoms with van der Waals surface area (Å²) in [5, 5.41) is 15.5. The molecular formula is C12H16ClF2N3O2. The number of hydrogen-bond acceptors (Lipinski definition) is 4. The molecule has 0 saturated heterocycles. The van der Waals surface area contributed by atoms with E-state index >= 15 is 0 Å². The van der Waals surface area contributed by atoms with Crippen LogP contribution >= 0.6 is 11.6 Å². The van der Waals surface area contributed by atoms with Crippen LogP contribution in [-0.4, -0.2) is 34.0 Å². The van der Waals surface area contributed by atoms with Gasteiger partial charge in [-0.25, -0.2) is 13.5 Å². The first-order valence-electron chi connectivity index (χ1n) is 6.44. The molecule has 0 aromatic carbocycles. The molecule has 20 heavy (non-hydrogen) atoms. The molecule has 2 rings (SSSR count). The van der Waals surface area contributed by atoms with E-state index < -0.39 is 24.6 Å². The van der Waals surface area contributed by atoms with E-state index in [0.29, 0.717) is 12.5 Å². The lowest BCUT2D eigenvalue weighted by atomic mass is 9.85. The van der Waals surface area contributed by atoms with E-state index in [0.717, 1.165) is 19.3 Å². The molecule has 0 amide bonds. The highest BCUT2D eigenvalue weighted by Crippen LogP contribution is 2.27. The van der Waals surface area contributed by atoms with E-state index in [2.05, 4.69) is 10.4 Å². The van der Waals surface area contributed by atoms with Gasteiger partial charge in [-0.1, -0.05) is 18.0 Å². The summed E-state index contributed by atoms with van der Waals surface area (Å²) in [6.45, 7) is 0.0577. The number of nitrogens with zero attached hydrogens (tertiary/aromatic N) is 2. The van der Waals surface area contributed by atoms with E-state index in [-0.39, 0.29) is 10.7 Å². The molecule has 0 radical (unpaired) electrons. The molecule has 1 aromatic heterocycles. The zero-order valence-corrected chi connectivity index (χ0v) is 11.5. The Morgan fingerprint density at radius 2 is 2.25 bits per heavy atom. The molecule has 1 atom stereocenters. The van der Waals surface area contributed by atoms with E-state index in [1.54, 1.807) is 0 Å². The fourth-order valence-corrected chi connectivity index (χ4v) is 2.17. The monoisotopic (exact) mass is 307 g/mol. The van der Waals surface area contributed by atoms with Crippen LogP contribution < -0.4 is 10.9 Å². The molecule has 2 N–H and O–H groups in total. The lowest BCUT2D eigenvalue weighted by Gasteiger charge is -2.25. The summed E-state index contributed by atoms with van der Waals surface area (Å²) in [6.07, 6.45) is -0.149. The largest absolute Gasteiger partial charge is 0.385 e. The van der Waals surface area contributed by atoms with Crippen molar-refractivity contribution in [3.8, 4) is 0 Å². The van der Waals surface area contributed by atoms with Crippen molar-refractivity contribution in [2.45, 2.75) is 38.3 Å². The molecule has 0 bridgehead atoms. The van der Waals surface area contributed by atoms with Crippen LogP contribution in [0.5, 0.6) is 0 Å². The van der Waals surface area contributed by atoms with Gasteiger partial charge < -0.3 is 10.4 Å². The minimum absolute atomic E-state index is 0.000639. The highest BCUT2D eigenvalue weighted by molar-refractivity contribution is 6.32. The van der Waals surface area contributed by atoms with Crippen LogP contribution in [0.1, 0.15) is 19.3 Å². The Balaban J connectivity index is 2.10. The second-order valence-corrected chi connectivity index (χ2v) is 5.34. The van der Waals surface area contributed by atoms with Gasteiger partial charge in [0.15, 0.2) is 0 Å². The smallest absolute Gasteiger partial charge is 0.291 e. The van der Waals surface area contributed by atoms with Crippen LogP contribution in [0.4, 0.5) is 14.5 Å². The Bertz CT molecular complexity index is 520. The molecule has 1 unspecified atom stereocenters. The summed E-state index contributed by atoms with van der Waals surface area (Å²) < 4.78 is 25.7. The fourth-order valence-electron chi connectivity index (χ4n) is 1.97. The normalized spacial score (nSPS) is 17.1. The molecule has 1 saturated carbocycles. The van der Waals surface area contributed by atoms with Gasteiger partial charge in [-0.3, -0.25) is 4.79 Å². The number of alkyl halides is 2. The van der Waals surface area contributed by atoms with Crippen molar-refractivity contribution in [1.29, 1.82) is 0 Å². The first-order chi connectivity index (χ1) is 9.49. The number of hydrogen-bond donors (Lipinski definition) is 2. The Morgan fingerprint density at radius 3 is 2.80 bits per heavy atom. The van der Waals surface area contributed by atoms with Gasteiger partial charge in [0.1, 0.15) is 11.8 Å². The Kier molecular flexibility index (Phi) is 4.93. The van der Waals surface area contributed by atoms with Crippen LogP contribution in [0, 0.1) is 5.92 Å². The van der Waals surface area contributed by atoms with Crippen LogP contribution in [0.15, 0.2) is 11.0 Å². The number of halogens is 3. The molecule has 112 valence electrons. The predicted octanol–water partition coefficient (Wildman–Crippen LogP) is 1.73. The number of rotatable bonds is 6. The zero-order chi connectivity index (χ0) is 14.7. The van der Waals surface area contributed by atoms with Crippen LogP contribution in [-0.2, 0) is 6.54 Å².